The Bertz CT molecular complexity index is 311. The molecule has 0 saturated carbocycles. The Balaban J connectivity index is 2.01. The number of rotatable bonds is 4. The number of ether oxygens (including phenoxy) is 2. The maximum absolute atomic E-state index is 12.7. The Morgan fingerprint density at radius 2 is 2.07 bits per heavy atom. The molecule has 1 aromatic carbocycles. The van der Waals surface area contributed by atoms with Gasteiger partial charge >= 0.3 is 0 Å². The van der Waals surface area contributed by atoms with Gasteiger partial charge in [-0.2, -0.15) is 0 Å². The minimum atomic E-state index is -0.249. The first kappa shape index (κ1) is 10.5. The first-order valence-corrected chi connectivity index (χ1v) is 4.98. The first-order chi connectivity index (χ1) is 7.29. The lowest BCUT2D eigenvalue weighted by Crippen LogP contribution is -2.38. The average molecular weight is 211 g/mol. The molecule has 15 heavy (non-hydrogen) atoms. The number of nitrogens with two attached hydrogens (primary N) is 1. The van der Waals surface area contributed by atoms with Gasteiger partial charge in [0.05, 0.1) is 19.3 Å². The first-order valence-electron chi connectivity index (χ1n) is 4.98. The van der Waals surface area contributed by atoms with Gasteiger partial charge in [-0.1, -0.05) is 12.1 Å². The fraction of sp³-hybridized carbons (Fsp3) is 0.455. The Labute approximate surface area is 88.0 Å². The van der Waals surface area contributed by atoms with E-state index in [0.29, 0.717) is 19.8 Å². The van der Waals surface area contributed by atoms with Gasteiger partial charge in [0.25, 0.3) is 0 Å². The van der Waals surface area contributed by atoms with Crippen LogP contribution >= 0.6 is 0 Å². The van der Waals surface area contributed by atoms with Gasteiger partial charge < -0.3 is 15.2 Å². The summed E-state index contributed by atoms with van der Waals surface area (Å²) < 4.78 is 23.4. The molecule has 0 aliphatic carbocycles. The minimum absolute atomic E-state index is 0.128. The molecule has 2 N–H and O–H groups in total. The molecule has 3 nitrogen and oxygen atoms in total. The van der Waals surface area contributed by atoms with Crippen LogP contribution in [-0.4, -0.2) is 25.9 Å². The van der Waals surface area contributed by atoms with Gasteiger partial charge in [0.2, 0.25) is 0 Å². The molecule has 0 radical (unpaired) electrons. The summed E-state index contributed by atoms with van der Waals surface area (Å²) >= 11 is 0. The molecule has 0 amide bonds. The van der Waals surface area contributed by atoms with Crippen LogP contribution in [0.15, 0.2) is 24.3 Å². The lowest BCUT2D eigenvalue weighted by Gasteiger charge is -2.30. The quantitative estimate of drug-likeness (QED) is 0.815. The topological polar surface area (TPSA) is 44.5 Å². The Kier molecular flexibility index (Phi) is 3.30. The summed E-state index contributed by atoms with van der Waals surface area (Å²) in [4.78, 5) is 0. The lowest BCUT2D eigenvalue weighted by molar-refractivity contribution is -0.153. The predicted octanol–water partition coefficient (Wildman–Crippen LogP) is 1.24. The zero-order valence-corrected chi connectivity index (χ0v) is 8.36. The Morgan fingerprint density at radius 3 is 2.53 bits per heavy atom. The monoisotopic (exact) mass is 211 g/mol. The standard InChI is InChI=1S/C11H14FNO2/c12-9-3-1-8(2-4-9)11(5-13)15-10-6-14-7-10/h1-4,10-11H,5-7,13H2. The molecule has 1 aromatic rings. The summed E-state index contributed by atoms with van der Waals surface area (Å²) in [7, 11) is 0. The molecule has 82 valence electrons. The molecule has 0 spiro atoms. The van der Waals surface area contributed by atoms with E-state index < -0.39 is 0 Å². The van der Waals surface area contributed by atoms with Gasteiger partial charge in [-0.05, 0) is 17.7 Å². The molecule has 1 unspecified atom stereocenters. The van der Waals surface area contributed by atoms with Crippen LogP contribution < -0.4 is 5.73 Å². The van der Waals surface area contributed by atoms with E-state index in [1.807, 2.05) is 0 Å². The van der Waals surface area contributed by atoms with Crippen molar-refractivity contribution in [3.63, 3.8) is 0 Å². The molecular formula is C11H14FNO2. The third-order valence-corrected chi connectivity index (χ3v) is 2.42. The van der Waals surface area contributed by atoms with Crippen LogP contribution in [-0.2, 0) is 9.47 Å². The molecular weight excluding hydrogens is 197 g/mol. The van der Waals surface area contributed by atoms with Crippen LogP contribution in [0.1, 0.15) is 11.7 Å². The van der Waals surface area contributed by atoms with Gasteiger partial charge in [0.15, 0.2) is 0 Å². The Morgan fingerprint density at radius 1 is 1.40 bits per heavy atom. The number of hydrogen-bond acceptors (Lipinski definition) is 3. The van der Waals surface area contributed by atoms with Gasteiger partial charge in [0.1, 0.15) is 11.9 Å². The van der Waals surface area contributed by atoms with Gasteiger partial charge in [0, 0.05) is 6.54 Å². The molecule has 1 saturated heterocycles. The van der Waals surface area contributed by atoms with Crippen molar-refractivity contribution in [2.24, 2.45) is 5.73 Å². The van der Waals surface area contributed by atoms with Crippen molar-refractivity contribution in [3.8, 4) is 0 Å². The molecule has 4 heteroatoms. The Hall–Kier alpha value is -0.970. The van der Waals surface area contributed by atoms with E-state index in [1.54, 1.807) is 12.1 Å². The van der Waals surface area contributed by atoms with Crippen molar-refractivity contribution in [1.82, 2.24) is 0 Å². The second-order valence-electron chi connectivity index (χ2n) is 3.57. The highest BCUT2D eigenvalue weighted by atomic mass is 19.1. The highest BCUT2D eigenvalue weighted by Gasteiger charge is 2.23. The fourth-order valence-electron chi connectivity index (χ4n) is 1.47. The molecule has 1 aliphatic rings. The third kappa shape index (κ3) is 2.53. The van der Waals surface area contributed by atoms with E-state index in [1.165, 1.54) is 12.1 Å². The molecule has 1 atom stereocenters. The number of halogens is 1. The zero-order valence-electron chi connectivity index (χ0n) is 8.36. The maximum atomic E-state index is 12.7. The third-order valence-electron chi connectivity index (χ3n) is 2.42. The van der Waals surface area contributed by atoms with Crippen LogP contribution in [0.5, 0.6) is 0 Å². The van der Waals surface area contributed by atoms with Gasteiger partial charge in [-0.25, -0.2) is 4.39 Å². The van der Waals surface area contributed by atoms with E-state index in [0.717, 1.165) is 5.56 Å². The van der Waals surface area contributed by atoms with Crippen molar-refractivity contribution in [1.29, 1.82) is 0 Å². The SMILES string of the molecule is NCC(OC1COC1)c1ccc(F)cc1. The average Bonchev–Trinajstić information content (AvgIpc) is 2.19. The molecule has 2 rings (SSSR count). The molecule has 1 heterocycles. The lowest BCUT2D eigenvalue weighted by atomic mass is 10.1. The van der Waals surface area contributed by atoms with Gasteiger partial charge in [-0.3, -0.25) is 0 Å². The van der Waals surface area contributed by atoms with Crippen molar-refractivity contribution >= 4 is 0 Å². The summed E-state index contributed by atoms with van der Waals surface area (Å²) in [6.07, 6.45) is -0.0388. The van der Waals surface area contributed by atoms with E-state index in [4.69, 9.17) is 15.2 Å². The van der Waals surface area contributed by atoms with Crippen LogP contribution in [0.2, 0.25) is 0 Å². The largest absolute Gasteiger partial charge is 0.376 e. The maximum Gasteiger partial charge on any atom is 0.123 e. The van der Waals surface area contributed by atoms with E-state index in [2.05, 4.69) is 0 Å². The highest BCUT2D eigenvalue weighted by molar-refractivity contribution is 5.19. The van der Waals surface area contributed by atoms with E-state index in [9.17, 15) is 4.39 Å². The van der Waals surface area contributed by atoms with Crippen LogP contribution in [0, 0.1) is 5.82 Å². The highest BCUT2D eigenvalue weighted by Crippen LogP contribution is 2.21. The molecule has 1 fully saturated rings. The zero-order chi connectivity index (χ0) is 10.7. The van der Waals surface area contributed by atoms with Crippen molar-refractivity contribution < 1.29 is 13.9 Å². The number of benzene rings is 1. The fourth-order valence-corrected chi connectivity index (χ4v) is 1.47. The second-order valence-corrected chi connectivity index (χ2v) is 3.57. The van der Waals surface area contributed by atoms with Crippen LogP contribution in [0.25, 0.3) is 0 Å². The minimum Gasteiger partial charge on any atom is -0.376 e. The summed E-state index contributed by atoms with van der Waals surface area (Å²) in [5.41, 5.74) is 6.52. The van der Waals surface area contributed by atoms with Crippen molar-refractivity contribution in [2.45, 2.75) is 12.2 Å². The van der Waals surface area contributed by atoms with Crippen molar-refractivity contribution in [3.05, 3.63) is 35.6 Å². The predicted molar refractivity (Wildman–Crippen MR) is 53.9 cm³/mol. The molecule has 0 bridgehead atoms. The smallest absolute Gasteiger partial charge is 0.123 e. The normalized spacial score (nSPS) is 18.5. The second kappa shape index (κ2) is 4.70. The summed E-state index contributed by atoms with van der Waals surface area (Å²) in [6, 6.07) is 6.23. The van der Waals surface area contributed by atoms with Crippen LogP contribution in [0.3, 0.4) is 0 Å². The summed E-state index contributed by atoms with van der Waals surface area (Å²) in [5.74, 6) is -0.249. The molecule has 0 aromatic heterocycles. The van der Waals surface area contributed by atoms with Gasteiger partial charge in [-0.15, -0.1) is 0 Å². The van der Waals surface area contributed by atoms with E-state index in [-0.39, 0.29) is 18.0 Å². The van der Waals surface area contributed by atoms with Crippen LogP contribution in [0.4, 0.5) is 4.39 Å². The summed E-state index contributed by atoms with van der Waals surface area (Å²) in [5, 5.41) is 0. The van der Waals surface area contributed by atoms with E-state index >= 15 is 0 Å². The van der Waals surface area contributed by atoms with Crippen molar-refractivity contribution in [2.75, 3.05) is 19.8 Å². The summed E-state index contributed by atoms with van der Waals surface area (Å²) in [6.45, 7) is 1.64. The molecule has 1 aliphatic heterocycles. The number of hydrogen-bond donors (Lipinski definition) is 1.